The lowest BCUT2D eigenvalue weighted by molar-refractivity contribution is 0.0697. The topological polar surface area (TPSA) is 90.1 Å². The minimum Gasteiger partial charge on any atom is -0.478 e. The number of aromatic carboxylic acids is 1. The number of aromatic nitrogens is 4. The number of fused-ring (bicyclic) bond motifs is 1. The predicted octanol–water partition coefficient (Wildman–Crippen LogP) is 2.51. The molecule has 0 aliphatic heterocycles. The highest BCUT2D eigenvalue weighted by Gasteiger charge is 2.13. The zero-order valence-electron chi connectivity index (χ0n) is 10.8. The van der Waals surface area contributed by atoms with E-state index in [9.17, 15) is 4.79 Å². The molecule has 3 rings (SSSR count). The van der Waals surface area contributed by atoms with Crippen LogP contribution in [0.3, 0.4) is 0 Å². The summed E-state index contributed by atoms with van der Waals surface area (Å²) in [7, 11) is 1.76. The van der Waals surface area contributed by atoms with Crippen LogP contribution in [0, 0.1) is 0 Å². The number of aryl methyl sites for hydroxylation is 1. The Labute approximate surface area is 123 Å². The summed E-state index contributed by atoms with van der Waals surface area (Å²) in [5, 5.41) is 13.8. The van der Waals surface area contributed by atoms with Crippen molar-refractivity contribution in [2.75, 3.05) is 0 Å². The van der Waals surface area contributed by atoms with Crippen molar-refractivity contribution >= 4 is 28.6 Å². The van der Waals surface area contributed by atoms with Gasteiger partial charge < -0.3 is 9.84 Å². The average Bonchev–Trinajstić information content (AvgIpc) is 2.84. The number of hydrogen-bond donors (Lipinski definition) is 1. The third kappa shape index (κ3) is 2.38. The molecule has 0 radical (unpaired) electrons. The SMILES string of the molecule is Cn1ncc2c(Oc3ccc(C(=O)O)cc3Cl)ncnc21. The number of nitrogens with zero attached hydrogens (tertiary/aromatic N) is 4. The van der Waals surface area contributed by atoms with Crippen LogP contribution in [0.15, 0.2) is 30.7 Å². The van der Waals surface area contributed by atoms with Gasteiger partial charge in [0.15, 0.2) is 5.65 Å². The molecule has 0 saturated heterocycles. The van der Waals surface area contributed by atoms with Gasteiger partial charge in [0, 0.05) is 7.05 Å². The molecule has 1 N–H and O–H groups in total. The second-order valence-electron chi connectivity index (χ2n) is 4.24. The summed E-state index contributed by atoms with van der Waals surface area (Å²) in [6.07, 6.45) is 2.95. The smallest absolute Gasteiger partial charge is 0.335 e. The van der Waals surface area contributed by atoms with Crippen molar-refractivity contribution in [1.29, 1.82) is 0 Å². The van der Waals surface area contributed by atoms with Gasteiger partial charge in [0.2, 0.25) is 5.88 Å². The largest absolute Gasteiger partial charge is 0.478 e. The van der Waals surface area contributed by atoms with E-state index >= 15 is 0 Å². The van der Waals surface area contributed by atoms with E-state index in [1.807, 2.05) is 0 Å². The Kier molecular flexibility index (Phi) is 3.19. The Bertz CT molecular complexity index is 847. The number of carboxylic acid groups (broad SMARTS) is 1. The van der Waals surface area contributed by atoms with Gasteiger partial charge in [0.1, 0.15) is 17.5 Å². The number of ether oxygens (including phenoxy) is 1. The molecule has 7 nitrogen and oxygen atoms in total. The van der Waals surface area contributed by atoms with Gasteiger partial charge in [0.05, 0.1) is 16.8 Å². The summed E-state index contributed by atoms with van der Waals surface area (Å²) in [6.45, 7) is 0. The van der Waals surface area contributed by atoms with Crippen LogP contribution < -0.4 is 4.74 Å². The first kappa shape index (κ1) is 13.3. The van der Waals surface area contributed by atoms with Gasteiger partial charge in [-0.2, -0.15) is 5.10 Å². The summed E-state index contributed by atoms with van der Waals surface area (Å²) in [5.41, 5.74) is 0.708. The first-order valence-corrected chi connectivity index (χ1v) is 6.27. The fourth-order valence-corrected chi connectivity index (χ4v) is 2.06. The molecule has 0 saturated carbocycles. The van der Waals surface area contributed by atoms with E-state index in [4.69, 9.17) is 21.4 Å². The molecule has 0 bridgehead atoms. The summed E-state index contributed by atoms with van der Waals surface area (Å²) >= 11 is 6.03. The Morgan fingerprint density at radius 3 is 2.90 bits per heavy atom. The van der Waals surface area contributed by atoms with Gasteiger partial charge in [-0.25, -0.2) is 14.8 Å². The van der Waals surface area contributed by atoms with Crippen molar-refractivity contribution in [2.45, 2.75) is 0 Å². The number of carboxylic acids is 1. The van der Waals surface area contributed by atoms with Crippen LogP contribution in [0.2, 0.25) is 5.02 Å². The standard InChI is InChI=1S/C13H9ClN4O3/c1-18-11-8(5-17-18)12(16-6-15-11)21-10-3-2-7(13(19)20)4-9(10)14/h2-6H,1H3,(H,19,20). The first-order chi connectivity index (χ1) is 10.1. The Hall–Kier alpha value is -2.67. The van der Waals surface area contributed by atoms with Crippen LogP contribution in [0.5, 0.6) is 11.6 Å². The van der Waals surface area contributed by atoms with Gasteiger partial charge >= 0.3 is 5.97 Å². The van der Waals surface area contributed by atoms with E-state index in [1.165, 1.54) is 24.5 Å². The van der Waals surface area contributed by atoms with Crippen molar-refractivity contribution in [3.63, 3.8) is 0 Å². The summed E-state index contributed by atoms with van der Waals surface area (Å²) in [5.74, 6) is -0.441. The maximum Gasteiger partial charge on any atom is 0.335 e. The molecule has 0 unspecified atom stereocenters. The van der Waals surface area contributed by atoms with Gasteiger partial charge in [-0.3, -0.25) is 4.68 Å². The van der Waals surface area contributed by atoms with Crippen LogP contribution in [0.1, 0.15) is 10.4 Å². The molecule has 1 aromatic carbocycles. The van der Waals surface area contributed by atoms with E-state index in [0.29, 0.717) is 22.7 Å². The van der Waals surface area contributed by atoms with E-state index in [2.05, 4.69) is 15.1 Å². The predicted molar refractivity (Wildman–Crippen MR) is 74.8 cm³/mol. The molecular weight excluding hydrogens is 296 g/mol. The van der Waals surface area contributed by atoms with E-state index in [-0.39, 0.29) is 10.6 Å². The molecule has 0 fully saturated rings. The minimum atomic E-state index is -1.06. The molecule has 2 heterocycles. The fraction of sp³-hybridized carbons (Fsp3) is 0.0769. The van der Waals surface area contributed by atoms with Crippen LogP contribution >= 0.6 is 11.6 Å². The molecule has 21 heavy (non-hydrogen) atoms. The summed E-state index contributed by atoms with van der Waals surface area (Å²) in [4.78, 5) is 19.0. The monoisotopic (exact) mass is 304 g/mol. The zero-order chi connectivity index (χ0) is 15.0. The van der Waals surface area contributed by atoms with E-state index in [1.54, 1.807) is 17.9 Å². The molecule has 0 aliphatic rings. The third-order valence-electron chi connectivity index (χ3n) is 2.88. The van der Waals surface area contributed by atoms with E-state index < -0.39 is 5.97 Å². The third-order valence-corrected chi connectivity index (χ3v) is 3.17. The summed E-state index contributed by atoms with van der Waals surface area (Å²) < 4.78 is 7.24. The van der Waals surface area contributed by atoms with Crippen molar-refractivity contribution < 1.29 is 14.6 Å². The van der Waals surface area contributed by atoms with Crippen molar-refractivity contribution in [2.24, 2.45) is 7.05 Å². The maximum atomic E-state index is 10.9. The van der Waals surface area contributed by atoms with Crippen molar-refractivity contribution in [3.05, 3.63) is 41.3 Å². The molecule has 8 heteroatoms. The number of rotatable bonds is 3. The molecule has 0 amide bonds. The molecule has 106 valence electrons. The summed E-state index contributed by atoms with van der Waals surface area (Å²) in [6, 6.07) is 4.21. The minimum absolute atomic E-state index is 0.0848. The lowest BCUT2D eigenvalue weighted by atomic mass is 10.2. The second kappa shape index (κ2) is 5.02. The molecule has 2 aromatic heterocycles. The molecular formula is C13H9ClN4O3. The van der Waals surface area contributed by atoms with Crippen LogP contribution in [0.4, 0.5) is 0 Å². The highest BCUT2D eigenvalue weighted by atomic mass is 35.5. The highest BCUT2D eigenvalue weighted by molar-refractivity contribution is 6.32. The lowest BCUT2D eigenvalue weighted by Crippen LogP contribution is -1.97. The number of hydrogen-bond acceptors (Lipinski definition) is 5. The lowest BCUT2D eigenvalue weighted by Gasteiger charge is -2.07. The normalized spacial score (nSPS) is 10.8. The molecule has 0 atom stereocenters. The van der Waals surface area contributed by atoms with Crippen molar-refractivity contribution in [3.8, 4) is 11.6 Å². The number of halogens is 1. The molecule has 0 spiro atoms. The van der Waals surface area contributed by atoms with E-state index in [0.717, 1.165) is 0 Å². The Balaban J connectivity index is 2.01. The fourth-order valence-electron chi connectivity index (χ4n) is 1.84. The average molecular weight is 305 g/mol. The number of carbonyl (C=O) groups is 1. The van der Waals surface area contributed by atoms with Gasteiger partial charge in [-0.05, 0) is 18.2 Å². The van der Waals surface area contributed by atoms with Crippen LogP contribution in [-0.4, -0.2) is 30.8 Å². The van der Waals surface area contributed by atoms with Gasteiger partial charge in [-0.15, -0.1) is 0 Å². The molecule has 3 aromatic rings. The van der Waals surface area contributed by atoms with Crippen LogP contribution in [0.25, 0.3) is 11.0 Å². The zero-order valence-corrected chi connectivity index (χ0v) is 11.6. The second-order valence-corrected chi connectivity index (χ2v) is 4.64. The maximum absolute atomic E-state index is 10.9. The highest BCUT2D eigenvalue weighted by Crippen LogP contribution is 2.32. The van der Waals surface area contributed by atoms with Gasteiger partial charge in [0.25, 0.3) is 0 Å². The number of benzene rings is 1. The molecule has 0 aliphatic carbocycles. The van der Waals surface area contributed by atoms with Gasteiger partial charge in [-0.1, -0.05) is 11.6 Å². The first-order valence-electron chi connectivity index (χ1n) is 5.89. The van der Waals surface area contributed by atoms with Crippen LogP contribution in [-0.2, 0) is 7.05 Å². The Morgan fingerprint density at radius 2 is 2.19 bits per heavy atom. The van der Waals surface area contributed by atoms with Crippen molar-refractivity contribution in [1.82, 2.24) is 19.7 Å². The quantitative estimate of drug-likeness (QED) is 0.799. The Morgan fingerprint density at radius 1 is 1.38 bits per heavy atom.